The number of aryl methyl sites for hydroxylation is 1. The fourth-order valence-corrected chi connectivity index (χ4v) is 2.65. The molecule has 19 heavy (non-hydrogen) atoms. The van der Waals surface area contributed by atoms with Crippen LogP contribution in [0, 0.1) is 12.8 Å². The first-order chi connectivity index (χ1) is 9.06. The van der Waals surface area contributed by atoms with Gasteiger partial charge in [-0.05, 0) is 44.0 Å². The third-order valence-electron chi connectivity index (χ3n) is 3.29. The van der Waals surface area contributed by atoms with Gasteiger partial charge in [-0.2, -0.15) is 0 Å². The van der Waals surface area contributed by atoms with Crippen LogP contribution >= 0.6 is 11.6 Å². The Morgan fingerprint density at radius 2 is 2.16 bits per heavy atom. The number of rotatable bonds is 4. The van der Waals surface area contributed by atoms with Crippen LogP contribution in [-0.4, -0.2) is 18.6 Å². The Kier molecular flexibility index (Phi) is 4.27. The lowest BCUT2D eigenvalue weighted by atomic mass is 9.96. The van der Waals surface area contributed by atoms with Crippen LogP contribution in [0.2, 0.25) is 5.02 Å². The van der Waals surface area contributed by atoms with Crippen molar-refractivity contribution in [3.8, 4) is 5.75 Å². The second-order valence-corrected chi connectivity index (χ2v) is 5.34. The summed E-state index contributed by atoms with van der Waals surface area (Å²) in [7, 11) is 1.67. The maximum absolute atomic E-state index is 6.40. The first-order valence-electron chi connectivity index (χ1n) is 6.39. The third-order valence-corrected chi connectivity index (χ3v) is 3.59. The summed E-state index contributed by atoms with van der Waals surface area (Å²) in [5, 5.41) is 1.70. The second-order valence-electron chi connectivity index (χ2n) is 4.93. The molecule has 1 aromatic heterocycles. The molecular weight excluding hydrogens is 260 g/mol. The van der Waals surface area contributed by atoms with Gasteiger partial charge in [-0.25, -0.2) is 0 Å². The maximum Gasteiger partial charge on any atom is 0.122 e. The number of hydrogen-bond acceptors (Lipinski definition) is 3. The molecule has 1 aromatic carbocycles. The van der Waals surface area contributed by atoms with Crippen LogP contribution in [0.5, 0.6) is 5.75 Å². The molecule has 0 bridgehead atoms. The minimum absolute atomic E-state index is 0.372. The highest BCUT2D eigenvalue weighted by Gasteiger charge is 2.15. The van der Waals surface area contributed by atoms with Gasteiger partial charge in [-0.1, -0.05) is 18.5 Å². The number of ether oxygens (including phenoxy) is 1. The molecule has 2 aromatic rings. The minimum atomic E-state index is 0.372. The van der Waals surface area contributed by atoms with E-state index in [2.05, 4.69) is 11.9 Å². The number of nitrogens with two attached hydrogens (primary N) is 1. The van der Waals surface area contributed by atoms with E-state index in [-0.39, 0.29) is 0 Å². The van der Waals surface area contributed by atoms with Crippen molar-refractivity contribution in [3.05, 3.63) is 34.5 Å². The smallest absolute Gasteiger partial charge is 0.122 e. The van der Waals surface area contributed by atoms with Crippen LogP contribution in [-0.2, 0) is 6.42 Å². The normalized spacial score (nSPS) is 12.7. The van der Waals surface area contributed by atoms with Crippen molar-refractivity contribution in [2.75, 3.05) is 13.7 Å². The number of fused-ring (bicyclic) bond motifs is 1. The Labute approximate surface area is 118 Å². The lowest BCUT2D eigenvalue weighted by Crippen LogP contribution is -2.14. The average molecular weight is 279 g/mol. The van der Waals surface area contributed by atoms with E-state index in [1.54, 1.807) is 7.11 Å². The van der Waals surface area contributed by atoms with Gasteiger partial charge in [0.1, 0.15) is 5.75 Å². The standard InChI is InChI=1S/C15H19ClN2O/c1-9(8-17)6-11-14(19-3)5-4-13-15(11)12(16)7-10(2)18-13/h4-5,7,9H,6,8,17H2,1-3H3. The number of methoxy groups -OCH3 is 1. The predicted octanol–water partition coefficient (Wildman–Crippen LogP) is 3.34. The van der Waals surface area contributed by atoms with Crippen LogP contribution in [0.4, 0.5) is 0 Å². The van der Waals surface area contributed by atoms with Gasteiger partial charge in [0.05, 0.1) is 17.6 Å². The lowest BCUT2D eigenvalue weighted by molar-refractivity contribution is 0.407. The topological polar surface area (TPSA) is 48.1 Å². The summed E-state index contributed by atoms with van der Waals surface area (Å²) in [6, 6.07) is 5.78. The van der Waals surface area contributed by atoms with Gasteiger partial charge in [0, 0.05) is 16.6 Å². The van der Waals surface area contributed by atoms with E-state index in [9.17, 15) is 0 Å². The summed E-state index contributed by atoms with van der Waals surface area (Å²) in [6.45, 7) is 4.70. The third kappa shape index (κ3) is 2.82. The number of nitrogens with zero attached hydrogens (tertiary/aromatic N) is 1. The molecule has 1 atom stereocenters. The average Bonchev–Trinajstić information content (AvgIpc) is 2.38. The first kappa shape index (κ1) is 14.1. The fraction of sp³-hybridized carbons (Fsp3) is 0.400. The highest BCUT2D eigenvalue weighted by molar-refractivity contribution is 6.35. The monoisotopic (exact) mass is 278 g/mol. The van der Waals surface area contributed by atoms with E-state index in [1.165, 1.54) is 0 Å². The largest absolute Gasteiger partial charge is 0.496 e. The van der Waals surface area contributed by atoms with Gasteiger partial charge in [0.15, 0.2) is 0 Å². The van der Waals surface area contributed by atoms with Crippen LogP contribution in [0.25, 0.3) is 10.9 Å². The first-order valence-corrected chi connectivity index (χ1v) is 6.77. The molecule has 0 aliphatic carbocycles. The van der Waals surface area contributed by atoms with Crippen molar-refractivity contribution >= 4 is 22.5 Å². The van der Waals surface area contributed by atoms with Crippen molar-refractivity contribution in [2.45, 2.75) is 20.3 Å². The van der Waals surface area contributed by atoms with Crippen molar-refractivity contribution in [1.82, 2.24) is 4.98 Å². The Morgan fingerprint density at radius 3 is 2.79 bits per heavy atom. The van der Waals surface area contributed by atoms with Crippen molar-refractivity contribution < 1.29 is 4.74 Å². The van der Waals surface area contributed by atoms with Crippen LogP contribution in [0.3, 0.4) is 0 Å². The fourth-order valence-electron chi connectivity index (χ4n) is 2.28. The van der Waals surface area contributed by atoms with E-state index < -0.39 is 0 Å². The van der Waals surface area contributed by atoms with Gasteiger partial charge < -0.3 is 10.5 Å². The molecule has 1 heterocycles. The number of aromatic nitrogens is 1. The van der Waals surface area contributed by atoms with E-state index in [4.69, 9.17) is 22.1 Å². The molecule has 0 spiro atoms. The van der Waals surface area contributed by atoms with Crippen LogP contribution in [0.1, 0.15) is 18.2 Å². The molecule has 0 radical (unpaired) electrons. The van der Waals surface area contributed by atoms with Gasteiger partial charge in [-0.15, -0.1) is 0 Å². The van der Waals surface area contributed by atoms with E-state index in [0.717, 1.165) is 39.4 Å². The van der Waals surface area contributed by atoms with Gasteiger partial charge in [0.2, 0.25) is 0 Å². The highest BCUT2D eigenvalue weighted by atomic mass is 35.5. The summed E-state index contributed by atoms with van der Waals surface area (Å²) in [4.78, 5) is 4.53. The summed E-state index contributed by atoms with van der Waals surface area (Å²) in [5.41, 5.74) is 8.65. The number of pyridine rings is 1. The molecule has 0 aliphatic heterocycles. The molecule has 0 fully saturated rings. The summed E-state index contributed by atoms with van der Waals surface area (Å²) in [5.74, 6) is 1.22. The summed E-state index contributed by atoms with van der Waals surface area (Å²) in [6.07, 6.45) is 0.835. The van der Waals surface area contributed by atoms with Crippen molar-refractivity contribution in [1.29, 1.82) is 0 Å². The second kappa shape index (κ2) is 5.76. The Balaban J connectivity index is 2.68. The zero-order valence-electron chi connectivity index (χ0n) is 11.5. The zero-order valence-corrected chi connectivity index (χ0v) is 12.3. The molecule has 102 valence electrons. The molecule has 0 saturated carbocycles. The molecular formula is C15H19ClN2O. The number of halogens is 1. The maximum atomic E-state index is 6.40. The highest BCUT2D eigenvalue weighted by Crippen LogP contribution is 2.34. The Morgan fingerprint density at radius 1 is 1.42 bits per heavy atom. The van der Waals surface area contributed by atoms with E-state index in [0.29, 0.717) is 12.5 Å². The van der Waals surface area contributed by atoms with Crippen LogP contribution in [0.15, 0.2) is 18.2 Å². The number of benzene rings is 1. The molecule has 2 rings (SSSR count). The lowest BCUT2D eigenvalue weighted by Gasteiger charge is -2.16. The molecule has 0 saturated heterocycles. The Hall–Kier alpha value is -1.32. The van der Waals surface area contributed by atoms with Crippen molar-refractivity contribution in [2.24, 2.45) is 11.7 Å². The SMILES string of the molecule is COc1ccc2nc(C)cc(Cl)c2c1CC(C)CN. The molecule has 1 unspecified atom stereocenters. The predicted molar refractivity (Wildman–Crippen MR) is 80.0 cm³/mol. The molecule has 0 amide bonds. The van der Waals surface area contributed by atoms with Gasteiger partial charge in [0.25, 0.3) is 0 Å². The number of hydrogen-bond donors (Lipinski definition) is 1. The molecule has 3 nitrogen and oxygen atoms in total. The summed E-state index contributed by atoms with van der Waals surface area (Å²) >= 11 is 6.40. The summed E-state index contributed by atoms with van der Waals surface area (Å²) < 4.78 is 5.46. The molecule has 0 aliphatic rings. The van der Waals surface area contributed by atoms with E-state index >= 15 is 0 Å². The quantitative estimate of drug-likeness (QED) is 0.933. The van der Waals surface area contributed by atoms with Gasteiger partial charge >= 0.3 is 0 Å². The van der Waals surface area contributed by atoms with Gasteiger partial charge in [-0.3, -0.25) is 4.98 Å². The zero-order chi connectivity index (χ0) is 14.0. The molecule has 4 heteroatoms. The minimum Gasteiger partial charge on any atom is -0.496 e. The van der Waals surface area contributed by atoms with Crippen molar-refractivity contribution in [3.63, 3.8) is 0 Å². The molecule has 2 N–H and O–H groups in total. The van der Waals surface area contributed by atoms with E-state index in [1.807, 2.05) is 25.1 Å². The van der Waals surface area contributed by atoms with Crippen LogP contribution < -0.4 is 10.5 Å². The Bertz CT molecular complexity index is 598.